The number of ether oxygens (including phenoxy) is 1. The van der Waals surface area contributed by atoms with Gasteiger partial charge in [-0.3, -0.25) is 9.59 Å². The van der Waals surface area contributed by atoms with Crippen LogP contribution < -0.4 is 0 Å². The van der Waals surface area contributed by atoms with E-state index in [0.29, 0.717) is 26.2 Å². The Morgan fingerprint density at radius 3 is 2.11 bits per heavy atom. The fourth-order valence-corrected chi connectivity index (χ4v) is 1.63. The highest BCUT2D eigenvalue weighted by molar-refractivity contribution is 5.79. The minimum atomic E-state index is -1.09. The zero-order valence-electron chi connectivity index (χ0n) is 10.6. The van der Waals surface area contributed by atoms with Crippen LogP contribution in [-0.2, 0) is 19.1 Å². The Hall–Kier alpha value is -1.63. The second kappa shape index (κ2) is 6.34. The molecule has 0 aromatic heterocycles. The van der Waals surface area contributed by atoms with E-state index in [1.807, 2.05) is 0 Å². The second-order valence-electron chi connectivity index (χ2n) is 4.18. The van der Waals surface area contributed by atoms with E-state index in [2.05, 4.69) is 0 Å². The molecule has 7 nitrogen and oxygen atoms in total. The first kappa shape index (κ1) is 14.4. The number of carboxylic acid groups (broad SMARTS) is 1. The van der Waals surface area contributed by atoms with Crippen molar-refractivity contribution < 1.29 is 24.2 Å². The van der Waals surface area contributed by atoms with E-state index in [9.17, 15) is 14.4 Å². The lowest BCUT2D eigenvalue weighted by Crippen LogP contribution is -2.51. The molecule has 1 fully saturated rings. The summed E-state index contributed by atoms with van der Waals surface area (Å²) in [5.74, 6) is -1.34. The van der Waals surface area contributed by atoms with Crippen LogP contribution in [0.3, 0.4) is 0 Å². The number of aliphatic carboxylic acids is 1. The standard InChI is InChI=1S/C11H18N2O5/c1-8(11(16)17)18-7-10(15)13-5-3-12(4-6-13)9(2)14/h8H,3-7H2,1-2H3,(H,16,17)/t8-/m0/s1. The van der Waals surface area contributed by atoms with Crippen LogP contribution in [0.2, 0.25) is 0 Å². The zero-order valence-corrected chi connectivity index (χ0v) is 10.6. The Balaban J connectivity index is 2.32. The van der Waals surface area contributed by atoms with Crippen molar-refractivity contribution in [2.45, 2.75) is 20.0 Å². The van der Waals surface area contributed by atoms with Crippen LogP contribution in [0.5, 0.6) is 0 Å². The molecule has 1 saturated heterocycles. The van der Waals surface area contributed by atoms with Crippen molar-refractivity contribution in [3.05, 3.63) is 0 Å². The molecule has 18 heavy (non-hydrogen) atoms. The molecule has 1 heterocycles. The maximum Gasteiger partial charge on any atom is 0.332 e. The predicted molar refractivity (Wildman–Crippen MR) is 61.9 cm³/mol. The van der Waals surface area contributed by atoms with Crippen LogP contribution in [0.15, 0.2) is 0 Å². The summed E-state index contributed by atoms with van der Waals surface area (Å²) in [7, 11) is 0. The molecule has 7 heteroatoms. The molecular weight excluding hydrogens is 240 g/mol. The molecule has 1 atom stereocenters. The van der Waals surface area contributed by atoms with Crippen LogP contribution in [0, 0.1) is 0 Å². The van der Waals surface area contributed by atoms with Gasteiger partial charge >= 0.3 is 5.97 Å². The first-order valence-corrected chi connectivity index (χ1v) is 5.79. The van der Waals surface area contributed by atoms with Crippen molar-refractivity contribution in [2.24, 2.45) is 0 Å². The SMILES string of the molecule is CC(=O)N1CCN(C(=O)CO[C@@H](C)C(=O)O)CC1. The summed E-state index contributed by atoms with van der Waals surface area (Å²) in [4.78, 5) is 36.6. The predicted octanol–water partition coefficient (Wildman–Crippen LogP) is -0.833. The molecule has 1 aliphatic rings. The molecule has 102 valence electrons. The lowest BCUT2D eigenvalue weighted by molar-refractivity contribution is -0.154. The highest BCUT2D eigenvalue weighted by Crippen LogP contribution is 2.03. The third-order valence-electron chi connectivity index (χ3n) is 2.88. The molecule has 0 radical (unpaired) electrons. The second-order valence-corrected chi connectivity index (χ2v) is 4.18. The first-order chi connectivity index (χ1) is 8.41. The van der Waals surface area contributed by atoms with Crippen LogP contribution in [-0.4, -0.2) is 71.6 Å². The Bertz CT molecular complexity index is 336. The van der Waals surface area contributed by atoms with Gasteiger partial charge in [0.05, 0.1) is 0 Å². The van der Waals surface area contributed by atoms with Gasteiger partial charge in [0.15, 0.2) is 6.10 Å². The van der Waals surface area contributed by atoms with Crippen molar-refractivity contribution in [1.29, 1.82) is 0 Å². The first-order valence-electron chi connectivity index (χ1n) is 5.79. The quantitative estimate of drug-likeness (QED) is 0.711. The van der Waals surface area contributed by atoms with E-state index in [-0.39, 0.29) is 18.4 Å². The number of carbonyl (C=O) groups excluding carboxylic acids is 2. The molecule has 0 bridgehead atoms. The van der Waals surface area contributed by atoms with E-state index < -0.39 is 12.1 Å². The summed E-state index contributed by atoms with van der Waals surface area (Å²) in [5.41, 5.74) is 0. The van der Waals surface area contributed by atoms with Crippen LogP contribution in [0.4, 0.5) is 0 Å². The number of carboxylic acids is 1. The number of hydrogen-bond acceptors (Lipinski definition) is 4. The number of nitrogens with zero attached hydrogens (tertiary/aromatic N) is 2. The fourth-order valence-electron chi connectivity index (χ4n) is 1.63. The topological polar surface area (TPSA) is 87.2 Å². The fraction of sp³-hybridized carbons (Fsp3) is 0.727. The molecule has 2 amide bonds. The average molecular weight is 258 g/mol. The molecule has 1 rings (SSSR count). The van der Waals surface area contributed by atoms with Gasteiger partial charge in [-0.1, -0.05) is 0 Å². The van der Waals surface area contributed by atoms with E-state index >= 15 is 0 Å². The van der Waals surface area contributed by atoms with Gasteiger partial charge in [-0.2, -0.15) is 0 Å². The summed E-state index contributed by atoms with van der Waals surface area (Å²) in [6.45, 7) is 4.57. The summed E-state index contributed by atoms with van der Waals surface area (Å²) in [6.07, 6.45) is -0.993. The molecule has 0 aromatic rings. The van der Waals surface area contributed by atoms with Gasteiger partial charge in [0, 0.05) is 33.1 Å². The Morgan fingerprint density at radius 2 is 1.67 bits per heavy atom. The Labute approximate surface area is 105 Å². The van der Waals surface area contributed by atoms with E-state index in [1.165, 1.54) is 13.8 Å². The zero-order chi connectivity index (χ0) is 13.7. The van der Waals surface area contributed by atoms with E-state index in [1.54, 1.807) is 9.80 Å². The summed E-state index contributed by atoms with van der Waals surface area (Å²) in [5, 5.41) is 8.61. The van der Waals surface area contributed by atoms with E-state index in [0.717, 1.165) is 0 Å². The van der Waals surface area contributed by atoms with Crippen LogP contribution in [0.1, 0.15) is 13.8 Å². The maximum absolute atomic E-state index is 11.7. The number of carbonyl (C=O) groups is 3. The minimum Gasteiger partial charge on any atom is -0.479 e. The summed E-state index contributed by atoms with van der Waals surface area (Å²) >= 11 is 0. The molecule has 0 aliphatic carbocycles. The summed E-state index contributed by atoms with van der Waals surface area (Å²) in [6, 6.07) is 0. The van der Waals surface area contributed by atoms with Crippen LogP contribution in [0.25, 0.3) is 0 Å². The molecular formula is C11H18N2O5. The molecule has 1 N–H and O–H groups in total. The lowest BCUT2D eigenvalue weighted by Gasteiger charge is -2.34. The normalized spacial score (nSPS) is 17.4. The van der Waals surface area contributed by atoms with Crippen molar-refractivity contribution in [2.75, 3.05) is 32.8 Å². The Kier molecular flexibility index (Phi) is 5.08. The third-order valence-corrected chi connectivity index (χ3v) is 2.88. The van der Waals surface area contributed by atoms with Crippen molar-refractivity contribution >= 4 is 17.8 Å². The Morgan fingerprint density at radius 1 is 1.17 bits per heavy atom. The number of piperazine rings is 1. The number of hydrogen-bond donors (Lipinski definition) is 1. The smallest absolute Gasteiger partial charge is 0.332 e. The van der Waals surface area contributed by atoms with Gasteiger partial charge in [0.1, 0.15) is 6.61 Å². The molecule has 0 saturated carbocycles. The molecule has 0 spiro atoms. The number of amides is 2. The minimum absolute atomic E-state index is 0.00199. The van der Waals surface area contributed by atoms with E-state index in [4.69, 9.17) is 9.84 Å². The van der Waals surface area contributed by atoms with Gasteiger partial charge in [-0.15, -0.1) is 0 Å². The van der Waals surface area contributed by atoms with Crippen molar-refractivity contribution in [3.63, 3.8) is 0 Å². The maximum atomic E-state index is 11.7. The highest BCUT2D eigenvalue weighted by Gasteiger charge is 2.23. The third kappa shape index (κ3) is 3.99. The van der Waals surface area contributed by atoms with Gasteiger partial charge in [0.2, 0.25) is 11.8 Å². The molecule has 0 aromatic carbocycles. The average Bonchev–Trinajstić information content (AvgIpc) is 2.35. The molecule has 0 unspecified atom stereocenters. The monoisotopic (exact) mass is 258 g/mol. The summed E-state index contributed by atoms with van der Waals surface area (Å²) < 4.78 is 4.92. The van der Waals surface area contributed by atoms with Crippen molar-refractivity contribution in [1.82, 2.24) is 9.80 Å². The lowest BCUT2D eigenvalue weighted by atomic mass is 10.3. The van der Waals surface area contributed by atoms with Crippen LogP contribution >= 0.6 is 0 Å². The van der Waals surface area contributed by atoms with Gasteiger partial charge < -0.3 is 19.6 Å². The van der Waals surface area contributed by atoms with Gasteiger partial charge in [-0.25, -0.2) is 4.79 Å². The van der Waals surface area contributed by atoms with Gasteiger partial charge in [0.25, 0.3) is 0 Å². The van der Waals surface area contributed by atoms with Gasteiger partial charge in [-0.05, 0) is 6.92 Å². The highest BCUT2D eigenvalue weighted by atomic mass is 16.5. The van der Waals surface area contributed by atoms with Crippen molar-refractivity contribution in [3.8, 4) is 0 Å². The largest absolute Gasteiger partial charge is 0.479 e. The number of rotatable bonds is 4. The molecule has 1 aliphatic heterocycles.